The summed E-state index contributed by atoms with van der Waals surface area (Å²) in [5.41, 5.74) is 0.750. The highest BCUT2D eigenvalue weighted by atomic mass is 16.6. The number of nitrogens with zero attached hydrogens (tertiary/aromatic N) is 3. The molecule has 0 fully saturated rings. The van der Waals surface area contributed by atoms with E-state index in [1.165, 1.54) is 35.1 Å². The van der Waals surface area contributed by atoms with E-state index in [-0.39, 0.29) is 41.3 Å². The van der Waals surface area contributed by atoms with Crippen molar-refractivity contribution >= 4 is 23.3 Å². The number of carbonyl (C=O) groups is 2. The highest BCUT2D eigenvalue weighted by Gasteiger charge is 2.23. The van der Waals surface area contributed by atoms with Gasteiger partial charge in [0.15, 0.2) is 17.2 Å². The number of nitro groups is 1. The second-order valence-electron chi connectivity index (χ2n) is 7.44. The maximum absolute atomic E-state index is 12.7. The van der Waals surface area contributed by atoms with Gasteiger partial charge >= 0.3 is 11.7 Å². The Hall–Kier alpha value is -4.15. The molecular formula is C22H24N4O7. The minimum absolute atomic E-state index is 0.0132. The predicted molar refractivity (Wildman–Crippen MR) is 117 cm³/mol. The lowest BCUT2D eigenvalue weighted by Crippen LogP contribution is -2.17. The Kier molecular flexibility index (Phi) is 7.11. The van der Waals surface area contributed by atoms with Gasteiger partial charge in [-0.05, 0) is 51.5 Å². The van der Waals surface area contributed by atoms with E-state index in [1.54, 1.807) is 26.8 Å². The molecule has 0 saturated carbocycles. The summed E-state index contributed by atoms with van der Waals surface area (Å²) in [5.74, 6) is -0.899. The number of nitrogens with one attached hydrogen (secondary N) is 1. The molecule has 3 rings (SSSR count). The third-order valence-corrected chi connectivity index (χ3v) is 4.44. The van der Waals surface area contributed by atoms with Crippen LogP contribution in [-0.2, 0) is 17.9 Å². The quantitative estimate of drug-likeness (QED) is 0.288. The number of amides is 1. The Morgan fingerprint density at radius 1 is 1.27 bits per heavy atom. The van der Waals surface area contributed by atoms with Crippen molar-refractivity contribution in [2.24, 2.45) is 0 Å². The van der Waals surface area contributed by atoms with Gasteiger partial charge in [-0.3, -0.25) is 19.6 Å². The number of hydrogen-bond acceptors (Lipinski definition) is 8. The first-order chi connectivity index (χ1) is 15.7. The number of ether oxygens (including phenoxy) is 2. The zero-order chi connectivity index (χ0) is 24.1. The predicted octanol–water partition coefficient (Wildman–Crippen LogP) is 4.11. The molecular weight excluding hydrogens is 432 g/mol. The van der Waals surface area contributed by atoms with Gasteiger partial charge < -0.3 is 19.2 Å². The number of esters is 1. The summed E-state index contributed by atoms with van der Waals surface area (Å²) in [5, 5.41) is 18.0. The van der Waals surface area contributed by atoms with Crippen molar-refractivity contribution in [3.05, 3.63) is 69.4 Å². The van der Waals surface area contributed by atoms with Gasteiger partial charge in [0.05, 0.1) is 16.7 Å². The van der Waals surface area contributed by atoms with E-state index in [0.717, 1.165) is 5.56 Å². The molecule has 0 unspecified atom stereocenters. The van der Waals surface area contributed by atoms with E-state index in [9.17, 15) is 19.7 Å². The maximum Gasteiger partial charge on any atom is 0.361 e. The van der Waals surface area contributed by atoms with E-state index in [1.807, 2.05) is 6.92 Å². The molecule has 0 spiro atoms. The summed E-state index contributed by atoms with van der Waals surface area (Å²) in [6, 6.07) is 7.58. The average molecular weight is 456 g/mol. The van der Waals surface area contributed by atoms with Crippen LogP contribution in [0.25, 0.3) is 0 Å². The van der Waals surface area contributed by atoms with Crippen LogP contribution in [0.2, 0.25) is 0 Å². The molecule has 0 aliphatic carbocycles. The molecule has 0 radical (unpaired) electrons. The number of nitro benzene ring substituents is 1. The SMILES string of the molecule is CCn1cc(NC(=O)c2ccc(COc3ccc(C)cc3[N+](=O)[O-])o2)c(C(=O)OC(C)C)n1. The third-order valence-electron chi connectivity index (χ3n) is 4.44. The number of hydrogen-bond donors (Lipinski definition) is 1. The van der Waals surface area contributed by atoms with Crippen molar-refractivity contribution in [2.75, 3.05) is 5.32 Å². The molecule has 11 heteroatoms. The van der Waals surface area contributed by atoms with Gasteiger partial charge in [0, 0.05) is 18.8 Å². The van der Waals surface area contributed by atoms with Gasteiger partial charge in [-0.25, -0.2) is 4.79 Å². The van der Waals surface area contributed by atoms with Crippen LogP contribution in [-0.4, -0.2) is 32.7 Å². The average Bonchev–Trinajstić information content (AvgIpc) is 3.39. The van der Waals surface area contributed by atoms with Crippen molar-refractivity contribution in [1.82, 2.24) is 9.78 Å². The summed E-state index contributed by atoms with van der Waals surface area (Å²) in [6.07, 6.45) is 1.18. The van der Waals surface area contributed by atoms with Gasteiger partial charge in [-0.2, -0.15) is 5.10 Å². The summed E-state index contributed by atoms with van der Waals surface area (Å²) in [4.78, 5) is 35.7. The molecule has 0 atom stereocenters. The zero-order valence-electron chi connectivity index (χ0n) is 18.7. The fraction of sp³-hybridized carbons (Fsp3) is 0.318. The van der Waals surface area contributed by atoms with Crippen molar-refractivity contribution in [1.29, 1.82) is 0 Å². The van der Waals surface area contributed by atoms with Crippen LogP contribution < -0.4 is 10.1 Å². The van der Waals surface area contributed by atoms with Crippen LogP contribution in [0.5, 0.6) is 5.75 Å². The summed E-state index contributed by atoms with van der Waals surface area (Å²) >= 11 is 0. The molecule has 2 heterocycles. The first kappa shape index (κ1) is 23.5. The van der Waals surface area contributed by atoms with E-state index in [4.69, 9.17) is 13.9 Å². The zero-order valence-corrected chi connectivity index (χ0v) is 18.7. The molecule has 11 nitrogen and oxygen atoms in total. The number of aromatic nitrogens is 2. The lowest BCUT2D eigenvalue weighted by molar-refractivity contribution is -0.386. The molecule has 0 saturated heterocycles. The topological polar surface area (TPSA) is 139 Å². The summed E-state index contributed by atoms with van der Waals surface area (Å²) in [7, 11) is 0. The normalized spacial score (nSPS) is 10.8. The fourth-order valence-electron chi connectivity index (χ4n) is 2.90. The lowest BCUT2D eigenvalue weighted by Gasteiger charge is -2.07. The minimum Gasteiger partial charge on any atom is -0.479 e. The Balaban J connectivity index is 1.70. The van der Waals surface area contributed by atoms with Gasteiger partial charge in [-0.1, -0.05) is 6.07 Å². The molecule has 1 aromatic carbocycles. The lowest BCUT2D eigenvalue weighted by atomic mass is 10.2. The van der Waals surface area contributed by atoms with Crippen LogP contribution in [0.15, 0.2) is 40.9 Å². The number of aryl methyl sites for hydroxylation is 2. The molecule has 3 aromatic rings. The number of anilines is 1. The van der Waals surface area contributed by atoms with E-state index >= 15 is 0 Å². The second-order valence-corrected chi connectivity index (χ2v) is 7.44. The third kappa shape index (κ3) is 5.76. The monoisotopic (exact) mass is 456 g/mol. The Morgan fingerprint density at radius 3 is 2.70 bits per heavy atom. The van der Waals surface area contributed by atoms with Crippen LogP contribution in [0.3, 0.4) is 0 Å². The number of carbonyl (C=O) groups excluding carboxylic acids is 2. The summed E-state index contributed by atoms with van der Waals surface area (Å²) < 4.78 is 17.7. The highest BCUT2D eigenvalue weighted by Crippen LogP contribution is 2.28. The van der Waals surface area contributed by atoms with Crippen molar-refractivity contribution in [3.8, 4) is 5.75 Å². The van der Waals surface area contributed by atoms with Gasteiger partial charge in [0.25, 0.3) is 5.91 Å². The fourth-order valence-corrected chi connectivity index (χ4v) is 2.90. The van der Waals surface area contributed by atoms with Gasteiger partial charge in [0.1, 0.15) is 12.4 Å². The van der Waals surface area contributed by atoms with Crippen molar-refractivity contribution in [2.45, 2.75) is 47.0 Å². The standard InChI is InChI=1S/C22H24N4O7/c1-5-25-11-16(20(24-25)22(28)32-13(2)3)23-21(27)19-9-7-15(33-19)12-31-18-8-6-14(4)10-17(18)26(29)30/h6-11,13H,5,12H2,1-4H3,(H,23,27). The summed E-state index contributed by atoms with van der Waals surface area (Å²) in [6.45, 7) is 7.39. The smallest absolute Gasteiger partial charge is 0.361 e. The molecule has 0 bridgehead atoms. The molecule has 0 aliphatic heterocycles. The van der Waals surface area contributed by atoms with Crippen molar-refractivity contribution in [3.63, 3.8) is 0 Å². The van der Waals surface area contributed by atoms with Crippen LogP contribution in [0.4, 0.5) is 11.4 Å². The molecule has 0 aliphatic rings. The van der Waals surface area contributed by atoms with Gasteiger partial charge in [0.2, 0.25) is 0 Å². The molecule has 174 valence electrons. The van der Waals surface area contributed by atoms with Gasteiger partial charge in [-0.15, -0.1) is 0 Å². The Bertz CT molecular complexity index is 1180. The maximum atomic E-state index is 12.7. The molecule has 1 amide bonds. The molecule has 1 N–H and O–H groups in total. The Labute approximate surface area is 189 Å². The number of furan rings is 1. The Morgan fingerprint density at radius 2 is 2.03 bits per heavy atom. The van der Waals surface area contributed by atoms with E-state index < -0.39 is 16.8 Å². The highest BCUT2D eigenvalue weighted by molar-refractivity contribution is 6.06. The minimum atomic E-state index is -0.652. The first-order valence-corrected chi connectivity index (χ1v) is 10.2. The molecule has 2 aromatic heterocycles. The van der Waals surface area contributed by atoms with Crippen LogP contribution in [0.1, 0.15) is 53.1 Å². The molecule has 33 heavy (non-hydrogen) atoms. The first-order valence-electron chi connectivity index (χ1n) is 10.2. The van der Waals surface area contributed by atoms with Crippen LogP contribution >= 0.6 is 0 Å². The van der Waals surface area contributed by atoms with E-state index in [2.05, 4.69) is 10.4 Å². The number of benzene rings is 1. The van der Waals surface area contributed by atoms with E-state index in [0.29, 0.717) is 12.3 Å². The van der Waals surface area contributed by atoms with Crippen LogP contribution in [0, 0.1) is 17.0 Å². The largest absolute Gasteiger partial charge is 0.479 e. The second kappa shape index (κ2) is 9.98. The van der Waals surface area contributed by atoms with Crippen molar-refractivity contribution < 1.29 is 28.4 Å². The number of rotatable bonds is 9.